The lowest BCUT2D eigenvalue weighted by Crippen LogP contribution is -2.40. The maximum atomic E-state index is 12.1. The van der Waals surface area contributed by atoms with Crippen LogP contribution in [0.3, 0.4) is 0 Å². The number of anilines is 2. The van der Waals surface area contributed by atoms with Gasteiger partial charge in [-0.1, -0.05) is 0 Å². The van der Waals surface area contributed by atoms with Crippen molar-refractivity contribution in [1.29, 1.82) is 0 Å². The van der Waals surface area contributed by atoms with Gasteiger partial charge in [0.15, 0.2) is 5.82 Å². The van der Waals surface area contributed by atoms with Crippen LogP contribution in [-0.2, 0) is 11.3 Å². The Bertz CT molecular complexity index is 570. The number of aromatic nitrogens is 3. The molecule has 0 radical (unpaired) electrons. The van der Waals surface area contributed by atoms with Crippen LogP contribution in [-0.4, -0.2) is 51.4 Å². The largest absolute Gasteiger partial charge is 0.368 e. The minimum Gasteiger partial charge on any atom is -0.368 e. The van der Waals surface area contributed by atoms with E-state index in [4.69, 9.17) is 5.73 Å². The minimum atomic E-state index is -0.917. The van der Waals surface area contributed by atoms with E-state index in [2.05, 4.69) is 20.3 Å². The first-order valence-corrected chi connectivity index (χ1v) is 6.02. The quantitative estimate of drug-likeness (QED) is 0.706. The van der Waals surface area contributed by atoms with E-state index in [0.29, 0.717) is 5.95 Å². The lowest BCUT2D eigenvalue weighted by molar-refractivity contribution is -0.130. The van der Waals surface area contributed by atoms with E-state index in [1.807, 2.05) is 0 Å². The Balaban J connectivity index is 2.27. The lowest BCUT2D eigenvalue weighted by atomic mass is 10.1. The molecule has 3 amide bonds. The van der Waals surface area contributed by atoms with E-state index >= 15 is 0 Å². The summed E-state index contributed by atoms with van der Waals surface area (Å²) < 4.78 is 0. The van der Waals surface area contributed by atoms with E-state index in [1.165, 1.54) is 0 Å². The molecule has 0 unspecified atom stereocenters. The van der Waals surface area contributed by atoms with Crippen LogP contribution >= 0.6 is 0 Å². The fraction of sp³-hybridized carbons (Fsp3) is 0.545. The summed E-state index contributed by atoms with van der Waals surface area (Å²) in [5, 5.41) is 2.59. The number of nitrogen functional groups attached to an aromatic ring is 1. The van der Waals surface area contributed by atoms with Crippen molar-refractivity contribution in [1.82, 2.24) is 25.2 Å². The average molecular weight is 279 g/mol. The first kappa shape index (κ1) is 14.0. The van der Waals surface area contributed by atoms with Crippen molar-refractivity contribution in [3.05, 3.63) is 5.82 Å². The predicted octanol–water partition coefficient (Wildman–Crippen LogP) is -0.650. The minimum absolute atomic E-state index is 0.0400. The number of nitrogens with two attached hydrogens (primary N) is 1. The zero-order valence-corrected chi connectivity index (χ0v) is 11.8. The van der Waals surface area contributed by atoms with Crippen LogP contribution in [0.25, 0.3) is 0 Å². The highest BCUT2D eigenvalue weighted by Gasteiger charge is 2.44. The van der Waals surface area contributed by atoms with Crippen LogP contribution in [0, 0.1) is 0 Å². The zero-order valence-electron chi connectivity index (χ0n) is 11.8. The summed E-state index contributed by atoms with van der Waals surface area (Å²) in [7, 11) is 3.52. The second-order valence-electron chi connectivity index (χ2n) is 5.25. The van der Waals surface area contributed by atoms with Gasteiger partial charge in [0.05, 0.1) is 6.54 Å². The number of imide groups is 1. The lowest BCUT2D eigenvalue weighted by Gasteiger charge is -2.16. The highest BCUT2D eigenvalue weighted by molar-refractivity contribution is 6.06. The summed E-state index contributed by atoms with van der Waals surface area (Å²) in [5.41, 5.74) is 4.68. The number of carbonyl (C=O) groups is 2. The Morgan fingerprint density at radius 2 is 1.90 bits per heavy atom. The molecule has 0 spiro atoms. The molecule has 0 bridgehead atoms. The van der Waals surface area contributed by atoms with E-state index in [1.54, 1.807) is 32.8 Å². The molecule has 2 heterocycles. The number of hydrogen-bond acceptors (Lipinski definition) is 7. The fourth-order valence-electron chi connectivity index (χ4n) is 1.80. The van der Waals surface area contributed by atoms with Gasteiger partial charge < -0.3 is 16.0 Å². The van der Waals surface area contributed by atoms with Gasteiger partial charge in [-0.3, -0.25) is 9.69 Å². The van der Waals surface area contributed by atoms with Gasteiger partial charge in [-0.05, 0) is 13.8 Å². The number of rotatable bonds is 3. The van der Waals surface area contributed by atoms with Gasteiger partial charge in [0, 0.05) is 14.1 Å². The summed E-state index contributed by atoms with van der Waals surface area (Å²) >= 11 is 0. The van der Waals surface area contributed by atoms with Crippen LogP contribution in [0.2, 0.25) is 0 Å². The molecule has 3 N–H and O–H groups in total. The second-order valence-corrected chi connectivity index (χ2v) is 5.25. The molecule has 1 aromatic rings. The number of hydrogen-bond donors (Lipinski definition) is 2. The van der Waals surface area contributed by atoms with Crippen molar-refractivity contribution >= 4 is 23.8 Å². The molecule has 108 valence electrons. The van der Waals surface area contributed by atoms with Crippen molar-refractivity contribution in [3.63, 3.8) is 0 Å². The first-order chi connectivity index (χ1) is 9.20. The van der Waals surface area contributed by atoms with E-state index < -0.39 is 11.6 Å². The molecule has 1 aromatic heterocycles. The van der Waals surface area contributed by atoms with Gasteiger partial charge in [0.2, 0.25) is 11.9 Å². The number of urea groups is 1. The Hall–Kier alpha value is -2.45. The van der Waals surface area contributed by atoms with Crippen molar-refractivity contribution in [2.45, 2.75) is 25.9 Å². The van der Waals surface area contributed by atoms with Crippen LogP contribution in [0.4, 0.5) is 16.7 Å². The number of nitrogens with one attached hydrogen (secondary N) is 1. The smallest absolute Gasteiger partial charge is 0.325 e. The molecule has 1 aliphatic heterocycles. The van der Waals surface area contributed by atoms with Crippen LogP contribution in [0.1, 0.15) is 19.7 Å². The summed E-state index contributed by atoms with van der Waals surface area (Å²) in [6.07, 6.45) is 0. The molecule has 0 atom stereocenters. The van der Waals surface area contributed by atoms with Gasteiger partial charge in [0.1, 0.15) is 5.54 Å². The third-order valence-electron chi connectivity index (χ3n) is 2.83. The third kappa shape index (κ3) is 2.46. The molecule has 1 aliphatic rings. The zero-order chi connectivity index (χ0) is 15.1. The second kappa shape index (κ2) is 4.58. The van der Waals surface area contributed by atoms with Gasteiger partial charge in [-0.15, -0.1) is 0 Å². The van der Waals surface area contributed by atoms with Crippen molar-refractivity contribution in [2.75, 3.05) is 24.7 Å². The Labute approximate surface area is 116 Å². The highest BCUT2D eigenvalue weighted by atomic mass is 16.2. The van der Waals surface area contributed by atoms with Crippen molar-refractivity contribution in [2.24, 2.45) is 0 Å². The molecule has 0 aliphatic carbocycles. The molecule has 9 nitrogen and oxygen atoms in total. The van der Waals surface area contributed by atoms with Gasteiger partial charge >= 0.3 is 6.03 Å². The normalized spacial score (nSPS) is 17.3. The number of amides is 3. The topological polar surface area (TPSA) is 117 Å². The molecule has 9 heteroatoms. The first-order valence-electron chi connectivity index (χ1n) is 6.02. The van der Waals surface area contributed by atoms with E-state index in [0.717, 1.165) is 4.90 Å². The van der Waals surface area contributed by atoms with E-state index in [9.17, 15) is 9.59 Å². The molecule has 20 heavy (non-hydrogen) atoms. The average Bonchev–Trinajstić information content (AvgIpc) is 2.51. The standard InChI is InChI=1S/C11H17N7O2/c1-11(2)7(19)18(10(20)16-11)5-6-13-8(12)15-9(14-6)17(3)4/h5H2,1-4H3,(H,16,20)(H2,12,13,14,15). The molecule has 1 fully saturated rings. The fourth-order valence-corrected chi connectivity index (χ4v) is 1.80. The Morgan fingerprint density at radius 3 is 2.40 bits per heavy atom. The van der Waals surface area contributed by atoms with Crippen molar-refractivity contribution in [3.8, 4) is 0 Å². The maximum absolute atomic E-state index is 12.1. The molecule has 2 rings (SSSR count). The van der Waals surface area contributed by atoms with Crippen LogP contribution in [0.5, 0.6) is 0 Å². The van der Waals surface area contributed by atoms with E-state index in [-0.39, 0.29) is 24.2 Å². The summed E-state index contributed by atoms with van der Waals surface area (Å²) in [4.78, 5) is 38.7. The van der Waals surface area contributed by atoms with Gasteiger partial charge in [0.25, 0.3) is 5.91 Å². The summed E-state index contributed by atoms with van der Waals surface area (Å²) in [5.74, 6) is 0.360. The van der Waals surface area contributed by atoms with Gasteiger partial charge in [-0.25, -0.2) is 4.79 Å². The Kier molecular flexibility index (Phi) is 3.20. The number of nitrogens with zero attached hydrogens (tertiary/aromatic N) is 5. The third-order valence-corrected chi connectivity index (χ3v) is 2.83. The summed E-state index contributed by atoms with van der Waals surface area (Å²) in [6.45, 7) is 3.24. The van der Waals surface area contributed by atoms with Gasteiger partial charge in [-0.2, -0.15) is 15.0 Å². The SMILES string of the molecule is CN(C)c1nc(N)nc(CN2C(=O)NC(C)(C)C2=O)n1. The highest BCUT2D eigenvalue weighted by Crippen LogP contribution is 2.18. The van der Waals surface area contributed by atoms with Crippen molar-refractivity contribution < 1.29 is 9.59 Å². The molecular formula is C11H17N7O2. The number of carbonyl (C=O) groups excluding carboxylic acids is 2. The molecule has 1 saturated heterocycles. The molecule has 0 saturated carbocycles. The monoisotopic (exact) mass is 279 g/mol. The molecule has 0 aromatic carbocycles. The van der Waals surface area contributed by atoms with Crippen LogP contribution in [0.15, 0.2) is 0 Å². The predicted molar refractivity (Wildman–Crippen MR) is 71.7 cm³/mol. The summed E-state index contributed by atoms with van der Waals surface area (Å²) in [6, 6.07) is -0.467. The Morgan fingerprint density at radius 1 is 1.25 bits per heavy atom. The molecular weight excluding hydrogens is 262 g/mol. The van der Waals surface area contributed by atoms with Crippen LogP contribution < -0.4 is 16.0 Å². The maximum Gasteiger partial charge on any atom is 0.325 e.